The Bertz CT molecular complexity index is 803. The summed E-state index contributed by atoms with van der Waals surface area (Å²) in [6.45, 7) is 3.14. The molecule has 1 amide bonds. The van der Waals surface area contributed by atoms with Crippen molar-refractivity contribution in [1.29, 1.82) is 0 Å². The van der Waals surface area contributed by atoms with Crippen LogP contribution in [-0.2, 0) is 20.9 Å². The first kappa shape index (κ1) is 20.1. The number of benzene rings is 2. The molecule has 2 unspecified atom stereocenters. The van der Waals surface area contributed by atoms with Crippen LogP contribution in [0, 0.1) is 5.82 Å². The van der Waals surface area contributed by atoms with Gasteiger partial charge in [-0.3, -0.25) is 4.79 Å². The number of ether oxygens (including phenoxy) is 2. The van der Waals surface area contributed by atoms with Crippen LogP contribution in [-0.4, -0.2) is 36.6 Å². The summed E-state index contributed by atoms with van der Waals surface area (Å²) in [5.74, 6) is -0.701. The van der Waals surface area contributed by atoms with Crippen molar-refractivity contribution in [2.24, 2.45) is 0 Å². The second kappa shape index (κ2) is 9.02. The van der Waals surface area contributed by atoms with Gasteiger partial charge >= 0.3 is 0 Å². The first-order valence-corrected chi connectivity index (χ1v) is 9.41. The summed E-state index contributed by atoms with van der Waals surface area (Å²) < 4.78 is 25.2. The van der Waals surface area contributed by atoms with Gasteiger partial charge < -0.3 is 14.4 Å². The SMILES string of the molecule is CC(OCc1ccccc1)C(=O)N1CCOC(c2cc(F)c(Cl)cc2Cl)C1. The second-order valence-electron chi connectivity index (χ2n) is 6.37. The number of carbonyl (C=O) groups is 1. The van der Waals surface area contributed by atoms with Crippen molar-refractivity contribution >= 4 is 29.1 Å². The zero-order valence-corrected chi connectivity index (χ0v) is 16.3. The van der Waals surface area contributed by atoms with Crippen LogP contribution >= 0.6 is 23.2 Å². The van der Waals surface area contributed by atoms with Crippen molar-refractivity contribution < 1.29 is 18.7 Å². The minimum absolute atomic E-state index is 0.0459. The van der Waals surface area contributed by atoms with E-state index in [1.807, 2.05) is 30.3 Å². The van der Waals surface area contributed by atoms with E-state index < -0.39 is 18.0 Å². The third-order valence-electron chi connectivity index (χ3n) is 4.46. The van der Waals surface area contributed by atoms with Gasteiger partial charge in [-0.05, 0) is 24.6 Å². The molecule has 0 aliphatic carbocycles. The van der Waals surface area contributed by atoms with E-state index in [0.29, 0.717) is 30.3 Å². The topological polar surface area (TPSA) is 38.8 Å². The number of halogens is 3. The van der Waals surface area contributed by atoms with Gasteiger partial charge in [0.2, 0.25) is 0 Å². The minimum atomic E-state index is -0.596. The van der Waals surface area contributed by atoms with Gasteiger partial charge in [0, 0.05) is 17.1 Å². The van der Waals surface area contributed by atoms with Crippen LogP contribution in [0.25, 0.3) is 0 Å². The first-order valence-electron chi connectivity index (χ1n) is 8.66. The lowest BCUT2D eigenvalue weighted by Crippen LogP contribution is -2.46. The van der Waals surface area contributed by atoms with Crippen molar-refractivity contribution in [3.05, 3.63) is 69.5 Å². The van der Waals surface area contributed by atoms with Gasteiger partial charge in [-0.2, -0.15) is 0 Å². The Balaban J connectivity index is 1.63. The van der Waals surface area contributed by atoms with Crippen molar-refractivity contribution in [1.82, 2.24) is 4.90 Å². The quantitative estimate of drug-likeness (QED) is 0.672. The van der Waals surface area contributed by atoms with Crippen LogP contribution in [0.15, 0.2) is 42.5 Å². The van der Waals surface area contributed by atoms with Crippen LogP contribution in [0.1, 0.15) is 24.2 Å². The molecule has 7 heteroatoms. The van der Waals surface area contributed by atoms with Gasteiger partial charge in [0.25, 0.3) is 5.91 Å². The smallest absolute Gasteiger partial charge is 0.251 e. The maximum Gasteiger partial charge on any atom is 0.251 e. The number of amides is 1. The largest absolute Gasteiger partial charge is 0.370 e. The molecule has 144 valence electrons. The number of hydrogen-bond donors (Lipinski definition) is 0. The molecule has 0 spiro atoms. The highest BCUT2D eigenvalue weighted by atomic mass is 35.5. The Labute approximate surface area is 167 Å². The van der Waals surface area contributed by atoms with Gasteiger partial charge in [-0.15, -0.1) is 0 Å². The van der Waals surface area contributed by atoms with Crippen molar-refractivity contribution in [3.63, 3.8) is 0 Å². The van der Waals surface area contributed by atoms with Crippen LogP contribution in [0.5, 0.6) is 0 Å². The Hall–Kier alpha value is -1.66. The number of nitrogens with zero attached hydrogens (tertiary/aromatic N) is 1. The van der Waals surface area contributed by atoms with E-state index >= 15 is 0 Å². The van der Waals surface area contributed by atoms with Crippen molar-refractivity contribution in [3.8, 4) is 0 Å². The van der Waals surface area contributed by atoms with Crippen molar-refractivity contribution in [2.75, 3.05) is 19.7 Å². The molecule has 0 aromatic heterocycles. The minimum Gasteiger partial charge on any atom is -0.370 e. The molecule has 1 aliphatic heterocycles. The molecule has 1 heterocycles. The third kappa shape index (κ3) is 4.99. The summed E-state index contributed by atoms with van der Waals surface area (Å²) in [6, 6.07) is 12.3. The summed E-state index contributed by atoms with van der Waals surface area (Å²) in [4.78, 5) is 14.4. The highest BCUT2D eigenvalue weighted by Crippen LogP contribution is 2.32. The van der Waals surface area contributed by atoms with Crippen molar-refractivity contribution in [2.45, 2.75) is 25.7 Å². The number of rotatable bonds is 5. The molecule has 0 saturated carbocycles. The van der Waals surface area contributed by atoms with Crippen LogP contribution in [0.4, 0.5) is 4.39 Å². The Morgan fingerprint density at radius 1 is 1.30 bits per heavy atom. The molecular weight excluding hydrogens is 392 g/mol. The molecule has 1 saturated heterocycles. The van der Waals surface area contributed by atoms with Gasteiger partial charge in [0.05, 0.1) is 24.8 Å². The fourth-order valence-corrected chi connectivity index (χ4v) is 3.45. The van der Waals surface area contributed by atoms with Gasteiger partial charge in [-0.25, -0.2) is 4.39 Å². The molecule has 2 aromatic rings. The summed E-state index contributed by atoms with van der Waals surface area (Å²) >= 11 is 11.9. The molecule has 2 aromatic carbocycles. The van der Waals surface area contributed by atoms with E-state index in [2.05, 4.69) is 0 Å². The number of carbonyl (C=O) groups excluding carboxylic acids is 1. The van der Waals surface area contributed by atoms with E-state index in [1.54, 1.807) is 11.8 Å². The fraction of sp³-hybridized carbons (Fsp3) is 0.350. The van der Waals surface area contributed by atoms with Gasteiger partial charge in [0.15, 0.2) is 0 Å². The fourth-order valence-electron chi connectivity index (χ4n) is 2.95. The lowest BCUT2D eigenvalue weighted by atomic mass is 10.1. The van der Waals surface area contributed by atoms with Gasteiger partial charge in [-0.1, -0.05) is 53.5 Å². The zero-order valence-electron chi connectivity index (χ0n) is 14.8. The molecule has 0 bridgehead atoms. The van der Waals surface area contributed by atoms with E-state index in [4.69, 9.17) is 32.7 Å². The monoisotopic (exact) mass is 411 g/mol. The molecule has 0 radical (unpaired) electrons. The normalized spacial score (nSPS) is 18.4. The molecule has 27 heavy (non-hydrogen) atoms. The lowest BCUT2D eigenvalue weighted by Gasteiger charge is -2.35. The first-order chi connectivity index (χ1) is 13.0. The molecule has 2 atom stereocenters. The third-order valence-corrected chi connectivity index (χ3v) is 5.07. The summed E-state index contributed by atoms with van der Waals surface area (Å²) in [5, 5.41) is 0.268. The van der Waals surface area contributed by atoms with E-state index in [0.717, 1.165) is 5.56 Å². The molecule has 3 rings (SSSR count). The van der Waals surface area contributed by atoms with E-state index in [-0.39, 0.29) is 17.5 Å². The highest BCUT2D eigenvalue weighted by molar-refractivity contribution is 6.35. The van der Waals surface area contributed by atoms with Crippen LogP contribution in [0.2, 0.25) is 10.0 Å². The maximum absolute atomic E-state index is 13.8. The Morgan fingerprint density at radius 3 is 2.78 bits per heavy atom. The summed E-state index contributed by atoms with van der Waals surface area (Å²) in [5.41, 5.74) is 1.48. The second-order valence-corrected chi connectivity index (χ2v) is 7.18. The van der Waals surface area contributed by atoms with E-state index in [1.165, 1.54) is 12.1 Å². The average molecular weight is 412 g/mol. The number of hydrogen-bond acceptors (Lipinski definition) is 3. The Morgan fingerprint density at radius 2 is 2.04 bits per heavy atom. The molecule has 1 aliphatic rings. The van der Waals surface area contributed by atoms with E-state index in [9.17, 15) is 9.18 Å². The van der Waals surface area contributed by atoms with Gasteiger partial charge in [0.1, 0.15) is 18.0 Å². The maximum atomic E-state index is 13.8. The molecule has 0 N–H and O–H groups in total. The standard InChI is InChI=1S/C20H20Cl2FNO3/c1-13(27-12-14-5-3-2-4-6-14)20(25)24-7-8-26-19(11-24)15-9-18(23)17(22)10-16(15)21/h2-6,9-10,13,19H,7-8,11-12H2,1H3. The predicted molar refractivity (Wildman–Crippen MR) is 102 cm³/mol. The summed E-state index contributed by atoms with van der Waals surface area (Å²) in [7, 11) is 0. The number of morpholine rings is 1. The predicted octanol–water partition coefficient (Wildman–Crippen LogP) is 4.64. The average Bonchev–Trinajstić information content (AvgIpc) is 2.69. The molecule has 4 nitrogen and oxygen atoms in total. The molecule has 1 fully saturated rings. The molecular formula is C20H20Cl2FNO3. The Kier molecular flexibility index (Phi) is 6.71. The van der Waals surface area contributed by atoms with Crippen LogP contribution in [0.3, 0.4) is 0 Å². The lowest BCUT2D eigenvalue weighted by molar-refractivity contribution is -0.151. The summed E-state index contributed by atoms with van der Waals surface area (Å²) in [6.07, 6.45) is -1.11. The zero-order chi connectivity index (χ0) is 19.4. The highest BCUT2D eigenvalue weighted by Gasteiger charge is 2.30. The van der Waals surface area contributed by atoms with Crippen LogP contribution < -0.4 is 0 Å².